The number of β-lactam (4-membered cyclic amide) rings is 1. The molecule has 0 radical (unpaired) electrons. The van der Waals surface area contributed by atoms with Crippen LogP contribution in [-0.2, 0) is 29.2 Å². The van der Waals surface area contributed by atoms with Crippen molar-refractivity contribution in [3.05, 3.63) is 35.3 Å². The standard InChI is InChI=1S/C20H22N6O7S4/c1-33-24-13(11-4-3-5-12(6-11)25-37(2,31)32)15(27)22-14-16(28)26-7-20(18(29)30,8-34-17(14)26)9-35-19-23-21-10-36-19/h3-6,10,14,17,25H,7-9H2,1-2H3,(H,22,27)(H,29,30)/t14?,17-,20?/m1/s1. The number of nitrogens with one attached hydrogen (secondary N) is 2. The molecule has 2 aliphatic rings. The van der Waals surface area contributed by atoms with Crippen LogP contribution in [0.2, 0.25) is 0 Å². The van der Waals surface area contributed by atoms with Gasteiger partial charge in [-0.2, -0.15) is 0 Å². The van der Waals surface area contributed by atoms with Crippen molar-refractivity contribution in [2.75, 3.05) is 36.1 Å². The van der Waals surface area contributed by atoms with Gasteiger partial charge in [0, 0.05) is 29.3 Å². The average molecular weight is 587 g/mol. The smallest absolute Gasteiger partial charge is 0.313 e. The first kappa shape index (κ1) is 27.2. The molecule has 0 saturated carbocycles. The highest BCUT2D eigenvalue weighted by Crippen LogP contribution is 2.44. The van der Waals surface area contributed by atoms with Gasteiger partial charge in [-0.15, -0.1) is 22.0 Å². The van der Waals surface area contributed by atoms with Crippen molar-refractivity contribution in [2.45, 2.75) is 15.8 Å². The van der Waals surface area contributed by atoms with Gasteiger partial charge in [-0.1, -0.05) is 40.4 Å². The Morgan fingerprint density at radius 2 is 2.19 bits per heavy atom. The van der Waals surface area contributed by atoms with Gasteiger partial charge in [0.2, 0.25) is 15.9 Å². The molecule has 2 aromatic rings. The van der Waals surface area contributed by atoms with Crippen LogP contribution in [0.3, 0.4) is 0 Å². The maximum atomic E-state index is 13.1. The number of benzene rings is 1. The van der Waals surface area contributed by atoms with Crippen LogP contribution in [0, 0.1) is 5.41 Å². The number of carbonyl (C=O) groups is 3. The van der Waals surface area contributed by atoms with Crippen LogP contribution in [-0.4, -0.2) is 94.9 Å². The summed E-state index contributed by atoms with van der Waals surface area (Å²) < 4.78 is 26.1. The molecule has 1 aromatic heterocycles. The molecule has 13 nitrogen and oxygen atoms in total. The lowest BCUT2D eigenvalue weighted by Crippen LogP contribution is -2.74. The number of sulfonamides is 1. The summed E-state index contributed by atoms with van der Waals surface area (Å²) in [5, 5.41) is 23.6. The number of aromatic nitrogens is 2. The van der Waals surface area contributed by atoms with E-state index in [0.717, 1.165) is 6.26 Å². The van der Waals surface area contributed by atoms with E-state index in [1.807, 2.05) is 0 Å². The van der Waals surface area contributed by atoms with Crippen molar-refractivity contribution in [3.63, 3.8) is 0 Å². The average Bonchev–Trinajstić information content (AvgIpc) is 3.37. The number of oxime groups is 1. The molecule has 17 heteroatoms. The van der Waals surface area contributed by atoms with E-state index in [-0.39, 0.29) is 35.0 Å². The highest BCUT2D eigenvalue weighted by atomic mass is 32.2. The predicted molar refractivity (Wildman–Crippen MR) is 139 cm³/mol. The highest BCUT2D eigenvalue weighted by Gasteiger charge is 2.57. The second-order valence-electron chi connectivity index (χ2n) is 8.28. The third-order valence-corrected chi connectivity index (χ3v) is 9.88. The molecule has 0 bridgehead atoms. The van der Waals surface area contributed by atoms with Gasteiger partial charge in [-0.3, -0.25) is 19.1 Å². The molecule has 0 aliphatic carbocycles. The van der Waals surface area contributed by atoms with Gasteiger partial charge in [0.05, 0.1) is 6.26 Å². The summed E-state index contributed by atoms with van der Waals surface area (Å²) in [4.78, 5) is 44.4. The molecule has 4 rings (SSSR count). The summed E-state index contributed by atoms with van der Waals surface area (Å²) in [5.74, 6) is -1.64. The number of amides is 2. The van der Waals surface area contributed by atoms with Gasteiger partial charge >= 0.3 is 5.97 Å². The summed E-state index contributed by atoms with van der Waals surface area (Å²) in [6.07, 6.45) is 1.00. The molecule has 3 heterocycles. The van der Waals surface area contributed by atoms with Crippen molar-refractivity contribution in [1.82, 2.24) is 20.4 Å². The van der Waals surface area contributed by atoms with Crippen LogP contribution >= 0.6 is 34.9 Å². The molecule has 2 saturated heterocycles. The molecule has 2 fully saturated rings. The summed E-state index contributed by atoms with van der Waals surface area (Å²) in [5.41, 5.74) is 0.735. The van der Waals surface area contributed by atoms with Crippen molar-refractivity contribution >= 4 is 74.1 Å². The van der Waals surface area contributed by atoms with Crippen molar-refractivity contribution in [1.29, 1.82) is 0 Å². The van der Waals surface area contributed by atoms with Gasteiger partial charge < -0.3 is 20.2 Å². The third-order valence-electron chi connectivity index (χ3n) is 5.53. The Morgan fingerprint density at radius 1 is 1.41 bits per heavy atom. The third kappa shape index (κ3) is 6.00. The van der Waals surface area contributed by atoms with E-state index in [9.17, 15) is 27.9 Å². The molecular formula is C20H22N6O7S4. The van der Waals surface area contributed by atoms with E-state index < -0.39 is 44.6 Å². The quantitative estimate of drug-likeness (QED) is 0.153. The first-order valence-corrected chi connectivity index (χ1v) is 15.4. The number of anilines is 1. The highest BCUT2D eigenvalue weighted by molar-refractivity contribution is 8.01. The minimum absolute atomic E-state index is 0.00916. The molecule has 2 unspecified atom stereocenters. The van der Waals surface area contributed by atoms with Crippen LogP contribution in [0.15, 0.2) is 39.3 Å². The van der Waals surface area contributed by atoms with Gasteiger partial charge in [0.25, 0.3) is 5.91 Å². The first-order chi connectivity index (χ1) is 17.5. The number of thioether (sulfide) groups is 2. The number of fused-ring (bicyclic) bond motifs is 1. The van der Waals surface area contributed by atoms with Crippen molar-refractivity contribution < 1.29 is 32.7 Å². The van der Waals surface area contributed by atoms with Crippen LogP contribution < -0.4 is 10.0 Å². The van der Waals surface area contributed by atoms with Crippen LogP contribution in [0.4, 0.5) is 5.69 Å². The molecule has 2 amide bonds. The zero-order valence-electron chi connectivity index (χ0n) is 19.5. The second kappa shape index (κ2) is 10.8. The molecule has 1 aromatic carbocycles. The number of aliphatic carboxylic acids is 1. The van der Waals surface area contributed by atoms with E-state index in [2.05, 4.69) is 25.4 Å². The topological polar surface area (TPSA) is 180 Å². The maximum Gasteiger partial charge on any atom is 0.313 e. The molecule has 2 aliphatic heterocycles. The SMILES string of the molecule is CON=C(C(=O)NC1C(=O)N2CC(CSc3nncs3)(C(=O)O)CS[C@H]12)c1cccc(NS(C)(=O)=O)c1. The van der Waals surface area contributed by atoms with Gasteiger partial charge in [0.15, 0.2) is 10.1 Å². The number of nitrogens with zero attached hydrogens (tertiary/aromatic N) is 4. The Bertz CT molecular complexity index is 1340. The maximum absolute atomic E-state index is 13.1. The lowest BCUT2D eigenvalue weighted by molar-refractivity contribution is -0.157. The lowest BCUT2D eigenvalue weighted by atomic mass is 9.89. The monoisotopic (exact) mass is 586 g/mol. The van der Waals surface area contributed by atoms with Crippen molar-refractivity contribution in [2.24, 2.45) is 10.6 Å². The molecule has 198 valence electrons. The Balaban J connectivity index is 1.44. The number of rotatable bonds is 10. The molecule has 3 atom stereocenters. The zero-order valence-corrected chi connectivity index (χ0v) is 22.7. The van der Waals surface area contributed by atoms with E-state index in [1.54, 1.807) is 17.6 Å². The lowest BCUT2D eigenvalue weighted by Gasteiger charge is -2.53. The summed E-state index contributed by atoms with van der Waals surface area (Å²) in [6, 6.07) is 5.14. The second-order valence-corrected chi connectivity index (χ2v) is 13.2. The number of carbonyl (C=O) groups excluding carboxylic acids is 2. The van der Waals surface area contributed by atoms with Crippen molar-refractivity contribution in [3.8, 4) is 0 Å². The first-order valence-electron chi connectivity index (χ1n) is 10.6. The van der Waals surface area contributed by atoms with E-state index in [0.29, 0.717) is 4.34 Å². The van der Waals surface area contributed by atoms with Gasteiger partial charge in [-0.25, -0.2) is 8.42 Å². The molecular weight excluding hydrogens is 565 g/mol. The molecule has 37 heavy (non-hydrogen) atoms. The van der Waals surface area contributed by atoms with E-state index in [4.69, 9.17) is 4.84 Å². The van der Waals surface area contributed by atoms with E-state index >= 15 is 0 Å². The van der Waals surface area contributed by atoms with Crippen LogP contribution in [0.1, 0.15) is 5.56 Å². The number of carboxylic acid groups (broad SMARTS) is 1. The van der Waals surface area contributed by atoms with Gasteiger partial charge in [-0.05, 0) is 12.1 Å². The molecule has 3 N–H and O–H groups in total. The van der Waals surface area contributed by atoms with Crippen LogP contribution in [0.5, 0.6) is 0 Å². The largest absolute Gasteiger partial charge is 0.481 e. The zero-order chi connectivity index (χ0) is 26.8. The number of hydrogen-bond donors (Lipinski definition) is 3. The van der Waals surface area contributed by atoms with E-state index in [1.165, 1.54) is 59.0 Å². The Kier molecular flexibility index (Phi) is 7.96. The normalized spacial score (nSPS) is 23.6. The summed E-state index contributed by atoms with van der Waals surface area (Å²) >= 11 is 3.88. The molecule has 0 spiro atoms. The fraction of sp³-hybridized carbons (Fsp3) is 0.400. The fourth-order valence-electron chi connectivity index (χ4n) is 3.80. The predicted octanol–water partition coefficient (Wildman–Crippen LogP) is 0.523. The fourth-order valence-corrected chi connectivity index (χ4v) is 7.71. The summed E-state index contributed by atoms with van der Waals surface area (Å²) in [7, 11) is -2.29. The van der Waals surface area contributed by atoms with Crippen LogP contribution in [0.25, 0.3) is 0 Å². The minimum atomic E-state index is -3.54. The number of carboxylic acids is 1. The Hall–Kier alpha value is -2.89. The van der Waals surface area contributed by atoms with Gasteiger partial charge in [0.1, 0.15) is 29.5 Å². The Labute approximate surface area is 224 Å². The number of hydrogen-bond acceptors (Lipinski definition) is 12. The summed E-state index contributed by atoms with van der Waals surface area (Å²) in [6.45, 7) is 0.00916. The minimum Gasteiger partial charge on any atom is -0.481 e. The Morgan fingerprint density at radius 3 is 2.84 bits per heavy atom.